The largest absolute Gasteiger partial charge is 0.379 e. The van der Waals surface area contributed by atoms with Crippen LogP contribution >= 0.6 is 0 Å². The normalized spacial score (nSPS) is 14.4. The van der Waals surface area contributed by atoms with Crippen molar-refractivity contribution in [2.75, 3.05) is 44.7 Å². The summed E-state index contributed by atoms with van der Waals surface area (Å²) in [5.74, 6) is -1.30. The number of amides is 2. The summed E-state index contributed by atoms with van der Waals surface area (Å²) in [6.07, 6.45) is 4.02. The fourth-order valence-corrected chi connectivity index (χ4v) is 3.02. The van der Waals surface area contributed by atoms with Gasteiger partial charge >= 0.3 is 11.8 Å². The number of ketones is 1. The van der Waals surface area contributed by atoms with E-state index in [1.807, 2.05) is 0 Å². The number of aryl methyl sites for hydroxylation is 1. The molecule has 0 unspecified atom stereocenters. The van der Waals surface area contributed by atoms with Crippen LogP contribution in [0, 0.1) is 0 Å². The summed E-state index contributed by atoms with van der Waals surface area (Å²) in [7, 11) is 1.74. The third kappa shape index (κ3) is 5.72. The molecule has 1 aromatic heterocycles. The monoisotopic (exact) mass is 399 g/mol. The molecule has 0 radical (unpaired) electrons. The van der Waals surface area contributed by atoms with E-state index in [4.69, 9.17) is 4.74 Å². The predicted molar refractivity (Wildman–Crippen MR) is 107 cm³/mol. The van der Waals surface area contributed by atoms with Crippen LogP contribution in [0.4, 0.5) is 5.69 Å². The number of carbonyl (C=O) groups is 3. The molecule has 1 saturated heterocycles. The number of nitrogens with one attached hydrogen (secondary N) is 2. The first-order chi connectivity index (χ1) is 14.0. The molecular formula is C20H25N5O4. The highest BCUT2D eigenvalue weighted by Crippen LogP contribution is 2.13. The first-order valence-electron chi connectivity index (χ1n) is 9.56. The van der Waals surface area contributed by atoms with Crippen molar-refractivity contribution in [3.05, 3.63) is 48.0 Å². The van der Waals surface area contributed by atoms with E-state index < -0.39 is 11.8 Å². The van der Waals surface area contributed by atoms with E-state index in [0.717, 1.165) is 39.3 Å². The maximum absolute atomic E-state index is 12.4. The van der Waals surface area contributed by atoms with Gasteiger partial charge in [-0.3, -0.25) is 19.3 Å². The Kier molecular flexibility index (Phi) is 7.09. The minimum absolute atomic E-state index is 0.214. The van der Waals surface area contributed by atoms with Crippen LogP contribution in [0.1, 0.15) is 22.6 Å². The van der Waals surface area contributed by atoms with Crippen molar-refractivity contribution in [2.45, 2.75) is 6.42 Å². The number of hydrogen-bond donors (Lipinski definition) is 2. The number of nitrogens with zero attached hydrogens (tertiary/aromatic N) is 3. The van der Waals surface area contributed by atoms with Crippen molar-refractivity contribution in [1.82, 2.24) is 19.8 Å². The molecule has 0 saturated carbocycles. The Balaban J connectivity index is 1.43. The summed E-state index contributed by atoms with van der Waals surface area (Å²) in [6.45, 7) is 4.55. The van der Waals surface area contributed by atoms with Crippen LogP contribution in [0.3, 0.4) is 0 Å². The number of rotatable bonds is 7. The first kappa shape index (κ1) is 20.7. The van der Waals surface area contributed by atoms with Gasteiger partial charge in [-0.25, -0.2) is 4.98 Å². The highest BCUT2D eigenvalue weighted by Gasteiger charge is 2.16. The summed E-state index contributed by atoms with van der Waals surface area (Å²) < 4.78 is 6.93. The van der Waals surface area contributed by atoms with E-state index in [2.05, 4.69) is 20.5 Å². The Bertz CT molecular complexity index is 856. The molecule has 9 heteroatoms. The molecule has 2 aromatic rings. The number of benzene rings is 1. The standard InChI is InChI=1S/C20H25N5O4/c1-24-10-8-21-18(24)17(26)15-3-5-16(6-4-15)23-20(28)19(27)22-7-2-9-25-11-13-29-14-12-25/h3-6,8,10H,2,7,9,11-14H2,1H3,(H,22,27)(H,23,28). The van der Waals surface area contributed by atoms with Crippen molar-refractivity contribution < 1.29 is 19.1 Å². The van der Waals surface area contributed by atoms with E-state index in [1.54, 1.807) is 48.3 Å². The van der Waals surface area contributed by atoms with Crippen LogP contribution in [0.15, 0.2) is 36.7 Å². The number of imidazole rings is 1. The second-order valence-electron chi connectivity index (χ2n) is 6.79. The van der Waals surface area contributed by atoms with E-state index in [1.165, 1.54) is 0 Å². The maximum Gasteiger partial charge on any atom is 0.313 e. The number of aromatic nitrogens is 2. The van der Waals surface area contributed by atoms with Crippen LogP contribution in [0.5, 0.6) is 0 Å². The third-order valence-electron chi connectivity index (χ3n) is 4.68. The smallest absolute Gasteiger partial charge is 0.313 e. The Labute approximate surface area is 169 Å². The quantitative estimate of drug-likeness (QED) is 0.397. The van der Waals surface area contributed by atoms with Gasteiger partial charge in [-0.15, -0.1) is 0 Å². The van der Waals surface area contributed by atoms with Crippen LogP contribution in [-0.4, -0.2) is 71.4 Å². The predicted octanol–water partition coefficient (Wildman–Crippen LogP) is 0.428. The molecule has 0 atom stereocenters. The van der Waals surface area contributed by atoms with Crippen molar-refractivity contribution in [3.63, 3.8) is 0 Å². The van der Waals surface area contributed by atoms with E-state index >= 15 is 0 Å². The molecule has 1 aliphatic rings. The van der Waals surface area contributed by atoms with Gasteiger partial charge in [0.05, 0.1) is 13.2 Å². The van der Waals surface area contributed by atoms with Crippen molar-refractivity contribution in [2.24, 2.45) is 7.05 Å². The summed E-state index contributed by atoms with van der Waals surface area (Å²) >= 11 is 0. The minimum Gasteiger partial charge on any atom is -0.379 e. The molecule has 29 heavy (non-hydrogen) atoms. The fourth-order valence-electron chi connectivity index (χ4n) is 3.02. The number of carbonyl (C=O) groups excluding carboxylic acids is 3. The van der Waals surface area contributed by atoms with Crippen LogP contribution in [0.2, 0.25) is 0 Å². The first-order valence-corrected chi connectivity index (χ1v) is 9.56. The minimum atomic E-state index is -0.737. The lowest BCUT2D eigenvalue weighted by Gasteiger charge is -2.26. The fraction of sp³-hybridized carbons (Fsp3) is 0.400. The zero-order chi connectivity index (χ0) is 20.6. The van der Waals surface area contributed by atoms with Gasteiger partial charge < -0.3 is 19.9 Å². The molecule has 2 heterocycles. The lowest BCUT2D eigenvalue weighted by atomic mass is 10.1. The summed E-state index contributed by atoms with van der Waals surface area (Å²) in [6, 6.07) is 6.35. The van der Waals surface area contributed by atoms with E-state index in [9.17, 15) is 14.4 Å². The van der Waals surface area contributed by atoms with Crippen LogP contribution in [0.25, 0.3) is 0 Å². The molecule has 0 bridgehead atoms. The molecular weight excluding hydrogens is 374 g/mol. The van der Waals surface area contributed by atoms with Crippen molar-refractivity contribution in [1.29, 1.82) is 0 Å². The number of anilines is 1. The summed E-state index contributed by atoms with van der Waals surface area (Å²) in [4.78, 5) is 42.7. The second kappa shape index (κ2) is 9.94. The van der Waals surface area contributed by atoms with Gasteiger partial charge in [0.2, 0.25) is 5.78 Å². The van der Waals surface area contributed by atoms with Gasteiger partial charge in [-0.1, -0.05) is 0 Å². The van der Waals surface area contributed by atoms with Gasteiger partial charge in [0.15, 0.2) is 5.82 Å². The average molecular weight is 399 g/mol. The molecule has 2 amide bonds. The van der Waals surface area contributed by atoms with Crippen LogP contribution in [-0.2, 0) is 21.4 Å². The zero-order valence-electron chi connectivity index (χ0n) is 16.4. The highest BCUT2D eigenvalue weighted by atomic mass is 16.5. The molecule has 0 aliphatic carbocycles. The van der Waals surface area contributed by atoms with Gasteiger partial charge in [-0.2, -0.15) is 0 Å². The number of morpholine rings is 1. The molecule has 1 aromatic carbocycles. The molecule has 1 aliphatic heterocycles. The van der Waals surface area contributed by atoms with Gasteiger partial charge in [0.25, 0.3) is 0 Å². The summed E-state index contributed by atoms with van der Waals surface area (Å²) in [5.41, 5.74) is 0.889. The number of ether oxygens (including phenoxy) is 1. The van der Waals surface area contributed by atoms with Crippen molar-refractivity contribution >= 4 is 23.3 Å². The van der Waals surface area contributed by atoms with E-state index in [-0.39, 0.29) is 5.78 Å². The Morgan fingerprint density at radius 2 is 1.83 bits per heavy atom. The van der Waals surface area contributed by atoms with E-state index in [0.29, 0.717) is 23.6 Å². The van der Waals surface area contributed by atoms with Crippen LogP contribution < -0.4 is 10.6 Å². The maximum atomic E-state index is 12.4. The van der Waals surface area contributed by atoms with Gasteiger partial charge in [-0.05, 0) is 37.2 Å². The molecule has 1 fully saturated rings. The third-order valence-corrected chi connectivity index (χ3v) is 4.68. The number of hydrogen-bond acceptors (Lipinski definition) is 6. The topological polar surface area (TPSA) is 106 Å². The molecule has 9 nitrogen and oxygen atoms in total. The molecule has 0 spiro atoms. The second-order valence-corrected chi connectivity index (χ2v) is 6.79. The SMILES string of the molecule is Cn1ccnc1C(=O)c1ccc(NC(=O)C(=O)NCCCN2CCOCC2)cc1. The summed E-state index contributed by atoms with van der Waals surface area (Å²) in [5, 5.41) is 5.16. The van der Waals surface area contributed by atoms with Gasteiger partial charge in [0.1, 0.15) is 0 Å². The lowest BCUT2D eigenvalue weighted by molar-refractivity contribution is -0.136. The Morgan fingerprint density at radius 1 is 1.10 bits per heavy atom. The Hall–Kier alpha value is -3.04. The highest BCUT2D eigenvalue weighted by molar-refractivity contribution is 6.39. The zero-order valence-corrected chi connectivity index (χ0v) is 16.4. The lowest BCUT2D eigenvalue weighted by Crippen LogP contribution is -2.39. The molecule has 2 N–H and O–H groups in total. The average Bonchev–Trinajstić information content (AvgIpc) is 3.17. The Morgan fingerprint density at radius 3 is 2.48 bits per heavy atom. The van der Waals surface area contributed by atoms with Gasteiger partial charge in [0, 0.05) is 50.3 Å². The van der Waals surface area contributed by atoms with Crippen molar-refractivity contribution in [3.8, 4) is 0 Å². The molecule has 154 valence electrons. The molecule has 3 rings (SSSR count).